The normalized spacial score (nSPS) is 12.0. The third kappa shape index (κ3) is 3.52. The van der Waals surface area contributed by atoms with Crippen molar-refractivity contribution in [1.29, 1.82) is 0 Å². The second kappa shape index (κ2) is 6.58. The van der Waals surface area contributed by atoms with Crippen molar-refractivity contribution in [3.8, 4) is 5.75 Å². The van der Waals surface area contributed by atoms with Crippen molar-refractivity contribution in [3.63, 3.8) is 0 Å². The predicted molar refractivity (Wildman–Crippen MR) is 75.0 cm³/mol. The molecule has 110 valence electrons. The van der Waals surface area contributed by atoms with Crippen molar-refractivity contribution in [1.82, 2.24) is 0 Å². The number of benzene rings is 2. The average Bonchev–Trinajstić information content (AvgIpc) is 2.46. The molecule has 1 atom stereocenters. The van der Waals surface area contributed by atoms with E-state index >= 15 is 0 Å². The number of rotatable bonds is 5. The zero-order valence-electron chi connectivity index (χ0n) is 11.1. The Hall–Kier alpha value is -2.08. The lowest BCUT2D eigenvalue weighted by atomic mass is 10.1. The molecule has 3 nitrogen and oxygen atoms in total. The molecule has 0 N–H and O–H groups in total. The number of hydrogen-bond acceptors (Lipinski definition) is 3. The molecule has 0 aliphatic heterocycles. The molecule has 0 saturated heterocycles. The Kier molecular flexibility index (Phi) is 4.80. The molecule has 0 aromatic heterocycles. The number of para-hydroxylation sites is 1. The molecule has 2 rings (SSSR count). The van der Waals surface area contributed by atoms with Gasteiger partial charge in [0.25, 0.3) is 0 Å². The van der Waals surface area contributed by atoms with E-state index in [9.17, 15) is 17.8 Å². The number of Topliss-reactive ketones (excluding diaryl/α,β-unsaturated/α-hetero) is 1. The Morgan fingerprint density at radius 3 is 2.57 bits per heavy atom. The lowest BCUT2D eigenvalue weighted by Crippen LogP contribution is -2.13. The summed E-state index contributed by atoms with van der Waals surface area (Å²) in [6, 6.07) is 9.22. The molecule has 0 fully saturated rings. The standard InChI is InChI=1S/C15H12F2O3S/c1-20-14-5-3-2-4-11(14)13(18)9-21(19)15-7-6-10(16)8-12(15)17/h2-8H,9H2,1H3. The van der Waals surface area contributed by atoms with Crippen LogP contribution in [0.1, 0.15) is 10.4 Å². The van der Waals surface area contributed by atoms with Crippen LogP contribution < -0.4 is 4.74 Å². The highest BCUT2D eigenvalue weighted by Gasteiger charge is 2.18. The fraction of sp³-hybridized carbons (Fsp3) is 0.133. The van der Waals surface area contributed by atoms with Crippen molar-refractivity contribution in [2.45, 2.75) is 4.90 Å². The quantitative estimate of drug-likeness (QED) is 0.798. The highest BCUT2D eigenvalue weighted by molar-refractivity contribution is 7.85. The zero-order chi connectivity index (χ0) is 15.4. The molecule has 0 bridgehead atoms. The van der Waals surface area contributed by atoms with Gasteiger partial charge in [0.2, 0.25) is 0 Å². The van der Waals surface area contributed by atoms with Gasteiger partial charge in [-0.2, -0.15) is 0 Å². The van der Waals surface area contributed by atoms with Crippen molar-refractivity contribution in [2.24, 2.45) is 0 Å². The maximum absolute atomic E-state index is 13.5. The van der Waals surface area contributed by atoms with Crippen LogP contribution in [0.15, 0.2) is 47.4 Å². The third-order valence-corrected chi connectivity index (χ3v) is 4.15. The fourth-order valence-electron chi connectivity index (χ4n) is 1.81. The van der Waals surface area contributed by atoms with E-state index in [2.05, 4.69) is 0 Å². The highest BCUT2D eigenvalue weighted by Crippen LogP contribution is 2.20. The van der Waals surface area contributed by atoms with E-state index in [1.54, 1.807) is 24.3 Å². The Balaban J connectivity index is 2.21. The molecular formula is C15H12F2O3S. The summed E-state index contributed by atoms with van der Waals surface area (Å²) in [5.74, 6) is -2.16. The fourth-order valence-corrected chi connectivity index (χ4v) is 2.85. The molecule has 0 heterocycles. The van der Waals surface area contributed by atoms with Crippen molar-refractivity contribution in [3.05, 3.63) is 59.7 Å². The van der Waals surface area contributed by atoms with E-state index in [0.717, 1.165) is 12.1 Å². The molecule has 0 saturated carbocycles. The van der Waals surface area contributed by atoms with Crippen LogP contribution >= 0.6 is 0 Å². The molecule has 6 heteroatoms. The van der Waals surface area contributed by atoms with Crippen molar-refractivity contribution >= 4 is 16.6 Å². The summed E-state index contributed by atoms with van der Waals surface area (Å²) in [4.78, 5) is 11.9. The molecular weight excluding hydrogens is 298 g/mol. The minimum atomic E-state index is -1.89. The molecule has 0 aliphatic rings. The van der Waals surface area contributed by atoms with E-state index in [1.807, 2.05) is 0 Å². The molecule has 0 aliphatic carbocycles. The van der Waals surface area contributed by atoms with Gasteiger partial charge in [0.15, 0.2) is 5.78 Å². The number of carbonyl (C=O) groups excluding carboxylic acids is 1. The van der Waals surface area contributed by atoms with Crippen LogP contribution in [-0.4, -0.2) is 22.9 Å². The molecule has 2 aromatic carbocycles. The van der Waals surface area contributed by atoms with Crippen LogP contribution in [-0.2, 0) is 10.8 Å². The summed E-state index contributed by atoms with van der Waals surface area (Å²) in [5, 5.41) is 0. The topological polar surface area (TPSA) is 43.4 Å². The predicted octanol–water partition coefficient (Wildman–Crippen LogP) is 2.96. The van der Waals surface area contributed by atoms with Gasteiger partial charge in [-0.15, -0.1) is 0 Å². The molecule has 0 amide bonds. The van der Waals surface area contributed by atoms with Crippen LogP contribution in [0.25, 0.3) is 0 Å². The second-order valence-corrected chi connectivity index (χ2v) is 5.61. The van der Waals surface area contributed by atoms with Gasteiger partial charge in [-0.05, 0) is 24.3 Å². The summed E-state index contributed by atoms with van der Waals surface area (Å²) < 4.78 is 43.4. The maximum Gasteiger partial charge on any atom is 0.179 e. The average molecular weight is 310 g/mol. The largest absolute Gasteiger partial charge is 0.496 e. The van der Waals surface area contributed by atoms with Crippen LogP contribution in [0.4, 0.5) is 8.78 Å². The zero-order valence-corrected chi connectivity index (χ0v) is 12.0. The number of hydrogen-bond donors (Lipinski definition) is 0. The number of carbonyl (C=O) groups is 1. The van der Waals surface area contributed by atoms with Gasteiger partial charge in [-0.25, -0.2) is 8.78 Å². The van der Waals surface area contributed by atoms with Gasteiger partial charge in [0.05, 0.1) is 34.1 Å². The lowest BCUT2D eigenvalue weighted by Gasteiger charge is -2.07. The van der Waals surface area contributed by atoms with E-state index in [1.165, 1.54) is 7.11 Å². The van der Waals surface area contributed by atoms with E-state index in [0.29, 0.717) is 11.8 Å². The first-order valence-electron chi connectivity index (χ1n) is 6.02. The number of ether oxygens (including phenoxy) is 1. The summed E-state index contributed by atoms with van der Waals surface area (Å²) in [5.41, 5.74) is 0.274. The van der Waals surface area contributed by atoms with Crippen LogP contribution in [0.2, 0.25) is 0 Å². The second-order valence-electron chi connectivity index (χ2n) is 4.19. The van der Waals surface area contributed by atoms with E-state index in [-0.39, 0.29) is 10.5 Å². The van der Waals surface area contributed by atoms with Crippen LogP contribution in [0.5, 0.6) is 5.75 Å². The Labute approximate surface area is 123 Å². The van der Waals surface area contributed by atoms with Gasteiger partial charge in [-0.1, -0.05) is 12.1 Å². The number of methoxy groups -OCH3 is 1. The summed E-state index contributed by atoms with van der Waals surface area (Å²) in [6.45, 7) is 0. The molecule has 1 unspecified atom stereocenters. The first-order valence-corrected chi connectivity index (χ1v) is 7.34. The highest BCUT2D eigenvalue weighted by atomic mass is 32.2. The first kappa shape index (κ1) is 15.3. The van der Waals surface area contributed by atoms with Crippen LogP contribution in [0, 0.1) is 11.6 Å². The van der Waals surface area contributed by atoms with E-state index < -0.39 is 34.0 Å². The SMILES string of the molecule is COc1ccccc1C(=O)CS(=O)c1ccc(F)cc1F. The van der Waals surface area contributed by atoms with Gasteiger partial charge in [-0.3, -0.25) is 9.00 Å². The van der Waals surface area contributed by atoms with Gasteiger partial charge in [0, 0.05) is 6.07 Å². The lowest BCUT2D eigenvalue weighted by molar-refractivity contribution is 0.101. The molecule has 21 heavy (non-hydrogen) atoms. The molecule has 0 radical (unpaired) electrons. The summed E-state index contributed by atoms with van der Waals surface area (Å²) in [7, 11) is -0.471. The van der Waals surface area contributed by atoms with Gasteiger partial charge >= 0.3 is 0 Å². The van der Waals surface area contributed by atoms with Gasteiger partial charge < -0.3 is 4.74 Å². The number of halogens is 2. The molecule has 0 spiro atoms. The summed E-state index contributed by atoms with van der Waals surface area (Å²) in [6.07, 6.45) is 0. The van der Waals surface area contributed by atoms with Crippen molar-refractivity contribution < 1.29 is 22.5 Å². The minimum absolute atomic E-state index is 0.195. The Morgan fingerprint density at radius 2 is 1.90 bits per heavy atom. The maximum atomic E-state index is 13.5. The smallest absolute Gasteiger partial charge is 0.179 e. The van der Waals surface area contributed by atoms with Gasteiger partial charge in [0.1, 0.15) is 17.4 Å². The Bertz CT molecular complexity index is 701. The van der Waals surface area contributed by atoms with Crippen molar-refractivity contribution in [2.75, 3.05) is 12.9 Å². The monoisotopic (exact) mass is 310 g/mol. The molecule has 2 aromatic rings. The summed E-state index contributed by atoms with van der Waals surface area (Å²) >= 11 is 0. The van der Waals surface area contributed by atoms with E-state index in [4.69, 9.17) is 4.74 Å². The Morgan fingerprint density at radius 1 is 1.19 bits per heavy atom. The van der Waals surface area contributed by atoms with Crippen LogP contribution in [0.3, 0.4) is 0 Å². The number of ketones is 1. The first-order chi connectivity index (χ1) is 10.0. The third-order valence-electron chi connectivity index (χ3n) is 2.81. The minimum Gasteiger partial charge on any atom is -0.496 e.